The first kappa shape index (κ1) is 20.5. The monoisotopic (exact) mass is 465 g/mol. The van der Waals surface area contributed by atoms with E-state index in [0.717, 1.165) is 50.1 Å². The molecule has 0 spiro atoms. The summed E-state index contributed by atoms with van der Waals surface area (Å²) < 4.78 is 2.10. The molecule has 0 radical (unpaired) electrons. The number of nitrogens with zero attached hydrogens (tertiary/aromatic N) is 3. The predicted molar refractivity (Wildman–Crippen MR) is 120 cm³/mol. The van der Waals surface area contributed by atoms with Crippen molar-refractivity contribution < 1.29 is 4.79 Å². The van der Waals surface area contributed by atoms with Crippen molar-refractivity contribution in [2.24, 2.45) is 0 Å². The number of amides is 1. The normalized spacial score (nSPS) is 11.4. The number of aryl methyl sites for hydroxylation is 1. The molecule has 4 nitrogen and oxygen atoms in total. The van der Waals surface area contributed by atoms with E-state index < -0.39 is 0 Å². The van der Waals surface area contributed by atoms with E-state index >= 15 is 0 Å². The number of rotatable bonds is 8. The number of hydrogen-bond acceptors (Lipinski definition) is 5. The van der Waals surface area contributed by atoms with Gasteiger partial charge in [0.15, 0.2) is 5.13 Å². The number of halogens is 1. The first-order valence-corrected chi connectivity index (χ1v) is 11.7. The highest BCUT2D eigenvalue weighted by molar-refractivity contribution is 9.11. The van der Waals surface area contributed by atoms with Crippen molar-refractivity contribution in [3.8, 4) is 0 Å². The van der Waals surface area contributed by atoms with E-state index in [9.17, 15) is 4.79 Å². The molecule has 3 rings (SSSR count). The van der Waals surface area contributed by atoms with E-state index in [0.29, 0.717) is 6.54 Å². The lowest BCUT2D eigenvalue weighted by Gasteiger charge is -2.24. The summed E-state index contributed by atoms with van der Waals surface area (Å²) >= 11 is 6.53. The fourth-order valence-corrected chi connectivity index (χ4v) is 5.31. The molecule has 0 fully saturated rings. The van der Waals surface area contributed by atoms with E-state index in [2.05, 4.69) is 59.8 Å². The van der Waals surface area contributed by atoms with Crippen LogP contribution in [-0.2, 0) is 6.42 Å². The lowest BCUT2D eigenvalue weighted by molar-refractivity contribution is 0.0987. The predicted octanol–water partition coefficient (Wildman–Crippen LogP) is 5.67. The van der Waals surface area contributed by atoms with Crippen molar-refractivity contribution >= 4 is 59.9 Å². The van der Waals surface area contributed by atoms with Gasteiger partial charge in [-0.3, -0.25) is 9.69 Å². The minimum absolute atomic E-state index is 0.0210. The highest BCUT2D eigenvalue weighted by Gasteiger charge is 2.23. The SMILES string of the molecule is CCc1ccc2nc(N(CCN(CC)CC)C(=O)c3ccc(Br)s3)sc2c1. The third kappa shape index (κ3) is 4.77. The second kappa shape index (κ2) is 9.28. The molecule has 0 N–H and O–H groups in total. The van der Waals surface area contributed by atoms with Crippen LogP contribution in [0.4, 0.5) is 5.13 Å². The Morgan fingerprint density at radius 2 is 1.85 bits per heavy atom. The minimum atomic E-state index is 0.0210. The summed E-state index contributed by atoms with van der Waals surface area (Å²) in [4.78, 5) is 22.9. The first-order valence-electron chi connectivity index (χ1n) is 9.24. The summed E-state index contributed by atoms with van der Waals surface area (Å²) in [6, 6.07) is 10.2. The van der Waals surface area contributed by atoms with Gasteiger partial charge in [0.25, 0.3) is 5.91 Å². The quantitative estimate of drug-likeness (QED) is 0.429. The Hall–Kier alpha value is -1.28. The van der Waals surface area contributed by atoms with Gasteiger partial charge in [0.2, 0.25) is 0 Å². The number of benzene rings is 1. The molecule has 3 aromatic rings. The summed E-state index contributed by atoms with van der Waals surface area (Å²) in [6.07, 6.45) is 0.997. The van der Waals surface area contributed by atoms with Crippen LogP contribution in [0, 0.1) is 0 Å². The Morgan fingerprint density at radius 3 is 2.48 bits per heavy atom. The Balaban J connectivity index is 1.94. The average molecular weight is 466 g/mol. The van der Waals surface area contributed by atoms with Crippen LogP contribution < -0.4 is 4.90 Å². The zero-order valence-corrected chi connectivity index (χ0v) is 19.1. The number of thiazole rings is 1. The fraction of sp³-hybridized carbons (Fsp3) is 0.400. The molecule has 27 heavy (non-hydrogen) atoms. The van der Waals surface area contributed by atoms with Crippen molar-refractivity contribution in [1.29, 1.82) is 0 Å². The van der Waals surface area contributed by atoms with Gasteiger partial charge in [-0.25, -0.2) is 4.98 Å². The minimum Gasteiger partial charge on any atom is -0.302 e. The number of thiophene rings is 1. The maximum absolute atomic E-state index is 13.2. The van der Waals surface area contributed by atoms with Crippen LogP contribution in [0.1, 0.15) is 36.0 Å². The topological polar surface area (TPSA) is 36.4 Å². The lowest BCUT2D eigenvalue weighted by Crippen LogP contribution is -2.38. The molecule has 7 heteroatoms. The number of likely N-dealkylation sites (N-methyl/N-ethyl adjacent to an activating group) is 1. The number of hydrogen-bond donors (Lipinski definition) is 0. The van der Waals surface area contributed by atoms with Crippen LogP contribution in [0.2, 0.25) is 0 Å². The number of anilines is 1. The smallest absolute Gasteiger partial charge is 0.270 e. The summed E-state index contributed by atoms with van der Waals surface area (Å²) in [7, 11) is 0. The molecule has 1 amide bonds. The Bertz CT molecular complexity index is 917. The van der Waals surface area contributed by atoms with Gasteiger partial charge < -0.3 is 4.90 Å². The van der Waals surface area contributed by atoms with Crippen LogP contribution in [0.5, 0.6) is 0 Å². The van der Waals surface area contributed by atoms with E-state index in [1.165, 1.54) is 16.9 Å². The molecule has 0 atom stereocenters. The Kier molecular flexibility index (Phi) is 7.03. The maximum atomic E-state index is 13.2. The molecule has 2 aromatic heterocycles. The molecule has 0 saturated heterocycles. The number of carbonyl (C=O) groups is 1. The largest absolute Gasteiger partial charge is 0.302 e. The van der Waals surface area contributed by atoms with Crippen LogP contribution >= 0.6 is 38.6 Å². The van der Waals surface area contributed by atoms with Crippen molar-refractivity contribution in [1.82, 2.24) is 9.88 Å². The van der Waals surface area contributed by atoms with E-state index in [1.54, 1.807) is 11.3 Å². The number of aromatic nitrogens is 1. The summed E-state index contributed by atoms with van der Waals surface area (Å²) in [6.45, 7) is 9.87. The maximum Gasteiger partial charge on any atom is 0.270 e. The summed E-state index contributed by atoms with van der Waals surface area (Å²) in [5, 5.41) is 0.778. The Labute approximate surface area is 177 Å². The van der Waals surface area contributed by atoms with Gasteiger partial charge >= 0.3 is 0 Å². The molecule has 0 bridgehead atoms. The third-order valence-electron chi connectivity index (χ3n) is 4.64. The number of carbonyl (C=O) groups excluding carboxylic acids is 1. The van der Waals surface area contributed by atoms with E-state index in [4.69, 9.17) is 4.98 Å². The molecule has 0 aliphatic heterocycles. The van der Waals surface area contributed by atoms with E-state index in [-0.39, 0.29) is 5.91 Å². The van der Waals surface area contributed by atoms with Crippen molar-refractivity contribution in [3.05, 3.63) is 44.6 Å². The molecule has 144 valence electrons. The zero-order valence-electron chi connectivity index (χ0n) is 15.9. The second-order valence-corrected chi connectivity index (χ2v) is 9.71. The van der Waals surface area contributed by atoms with Crippen molar-refractivity contribution in [2.45, 2.75) is 27.2 Å². The standard InChI is InChI=1S/C20H24BrN3OS2/c1-4-14-7-8-15-17(13-14)27-20(22-15)24(12-11-23(5-2)6-3)19(25)16-9-10-18(21)26-16/h7-10,13H,4-6,11-12H2,1-3H3. The summed E-state index contributed by atoms with van der Waals surface area (Å²) in [5.74, 6) is 0.0210. The summed E-state index contributed by atoms with van der Waals surface area (Å²) in [5.41, 5.74) is 2.25. The van der Waals surface area contributed by atoms with Gasteiger partial charge in [-0.15, -0.1) is 11.3 Å². The molecule has 1 aromatic carbocycles. The van der Waals surface area contributed by atoms with Crippen LogP contribution in [-0.4, -0.2) is 42.0 Å². The highest BCUT2D eigenvalue weighted by Crippen LogP contribution is 2.32. The Morgan fingerprint density at radius 1 is 1.07 bits per heavy atom. The van der Waals surface area contributed by atoms with Crippen LogP contribution in [0.15, 0.2) is 34.1 Å². The number of fused-ring (bicyclic) bond motifs is 1. The average Bonchev–Trinajstić information content (AvgIpc) is 3.30. The molecule has 0 aliphatic carbocycles. The van der Waals surface area contributed by atoms with Gasteiger partial charge in [-0.05, 0) is 65.3 Å². The van der Waals surface area contributed by atoms with Crippen molar-refractivity contribution in [2.75, 3.05) is 31.1 Å². The van der Waals surface area contributed by atoms with Gasteiger partial charge in [0.1, 0.15) is 0 Å². The highest BCUT2D eigenvalue weighted by atomic mass is 79.9. The third-order valence-corrected chi connectivity index (χ3v) is 7.30. The lowest BCUT2D eigenvalue weighted by atomic mass is 10.2. The van der Waals surface area contributed by atoms with Gasteiger partial charge in [0.05, 0.1) is 18.9 Å². The van der Waals surface area contributed by atoms with Gasteiger partial charge in [-0.2, -0.15) is 0 Å². The van der Waals surface area contributed by atoms with E-state index in [1.807, 2.05) is 17.0 Å². The molecular formula is C20H24BrN3OS2. The zero-order chi connectivity index (χ0) is 19.4. The molecule has 0 unspecified atom stereocenters. The van der Waals surface area contributed by atoms with Crippen molar-refractivity contribution in [3.63, 3.8) is 0 Å². The molecule has 0 aliphatic rings. The molecule has 0 saturated carbocycles. The second-order valence-electron chi connectivity index (χ2n) is 6.24. The van der Waals surface area contributed by atoms with Gasteiger partial charge in [-0.1, -0.05) is 38.2 Å². The van der Waals surface area contributed by atoms with Crippen LogP contribution in [0.25, 0.3) is 10.2 Å². The fourth-order valence-electron chi connectivity index (χ4n) is 2.92. The molecule has 2 heterocycles. The van der Waals surface area contributed by atoms with Gasteiger partial charge in [0, 0.05) is 13.1 Å². The first-order chi connectivity index (χ1) is 13.0. The molecular weight excluding hydrogens is 442 g/mol. The van der Waals surface area contributed by atoms with Crippen LogP contribution in [0.3, 0.4) is 0 Å².